The van der Waals surface area contributed by atoms with Gasteiger partial charge in [-0.15, -0.1) is 0 Å². The molecule has 0 N–H and O–H groups in total. The summed E-state index contributed by atoms with van der Waals surface area (Å²) in [5.74, 6) is 0. The Balaban J connectivity index is -0.00000000167. The van der Waals surface area contributed by atoms with Crippen molar-refractivity contribution in [2.45, 2.75) is 0 Å². The molecule has 0 aliphatic heterocycles. The van der Waals surface area contributed by atoms with Gasteiger partial charge in [0.05, 0.1) is 0 Å². The molecule has 0 atom stereocenters. The first-order valence-corrected chi connectivity index (χ1v) is 0.636. The van der Waals surface area contributed by atoms with Crippen LogP contribution >= 0.6 is 0 Å². The quantitative estimate of drug-likeness (QED) is 0.343. The van der Waals surface area contributed by atoms with Crippen LogP contribution in [0.4, 0.5) is 0 Å². The molecule has 0 aromatic carbocycles. The van der Waals surface area contributed by atoms with E-state index in [0.29, 0.717) is 0 Å². The predicted octanol–water partition coefficient (Wildman–Crippen LogP) is 1.23. The zero-order valence-electron chi connectivity index (χ0n) is 3.79. The zero-order valence-corrected chi connectivity index (χ0v) is 4.97. The van der Waals surface area contributed by atoms with E-state index in [1.54, 1.807) is 15.9 Å². The summed E-state index contributed by atoms with van der Waals surface area (Å²) in [6.07, 6.45) is 0. The van der Waals surface area contributed by atoms with Crippen LogP contribution in [-0.4, -0.2) is 0 Å². The molecule has 37 valence electrons. The summed E-state index contributed by atoms with van der Waals surface area (Å²) >= 11 is 1.69. The first-order chi connectivity index (χ1) is 1.00. The molecule has 0 unspecified atom stereocenters. The number of rotatable bonds is 0. The van der Waals surface area contributed by atoms with E-state index in [9.17, 15) is 0 Å². The van der Waals surface area contributed by atoms with Gasteiger partial charge < -0.3 is 22.3 Å². The van der Waals surface area contributed by atoms with Crippen molar-refractivity contribution >= 4 is 0 Å². The molecule has 0 amide bonds. The van der Waals surface area contributed by atoms with E-state index < -0.39 is 0 Å². The van der Waals surface area contributed by atoms with Crippen LogP contribution in [0.1, 0.15) is 0 Å². The molecular weight excluding hydrogens is 107 g/mol. The summed E-state index contributed by atoms with van der Waals surface area (Å²) in [4.78, 5) is 0. The standard InChI is InChI=1S/3CH3.Mn.O/h3*1H3;;/q3*-1;;. The third-order valence-corrected chi connectivity index (χ3v) is 0. The van der Waals surface area contributed by atoms with Crippen molar-refractivity contribution in [2.75, 3.05) is 0 Å². The Hall–Kier alpha value is 0.319. The SMILES string of the molecule is [CH3-].[CH3-].[CH3-].[O]=[Mn]. The van der Waals surface area contributed by atoms with Crippen LogP contribution in [-0.2, 0) is 19.8 Å². The first-order valence-electron chi connectivity index (χ1n) is 0.154. The summed E-state index contributed by atoms with van der Waals surface area (Å²) in [6.45, 7) is 0. The normalized spacial score (nSPS) is 0.800. The minimum absolute atomic E-state index is 0. The second kappa shape index (κ2) is 466. The number of hydrogen-bond donors (Lipinski definition) is 0. The molecule has 1 nitrogen and oxygen atoms in total. The van der Waals surface area contributed by atoms with Gasteiger partial charge in [-0.1, -0.05) is 0 Å². The van der Waals surface area contributed by atoms with Crippen molar-refractivity contribution in [3.8, 4) is 0 Å². The fourth-order valence-corrected chi connectivity index (χ4v) is 0. The van der Waals surface area contributed by atoms with Crippen molar-refractivity contribution in [2.24, 2.45) is 0 Å². The maximum atomic E-state index is 8.06. The van der Waals surface area contributed by atoms with Crippen molar-refractivity contribution < 1.29 is 19.8 Å². The van der Waals surface area contributed by atoms with Crippen LogP contribution in [0.25, 0.3) is 0 Å². The minimum atomic E-state index is 0. The molecule has 0 radical (unpaired) electrons. The van der Waals surface area contributed by atoms with Crippen molar-refractivity contribution in [1.82, 2.24) is 0 Å². The molecule has 2 heteroatoms. The third kappa shape index (κ3) is 228. The van der Waals surface area contributed by atoms with E-state index in [-0.39, 0.29) is 22.3 Å². The van der Waals surface area contributed by atoms with E-state index in [4.69, 9.17) is 3.83 Å². The Kier molecular flexibility index (Phi) is 5320. The van der Waals surface area contributed by atoms with Crippen LogP contribution in [0.3, 0.4) is 0 Å². The van der Waals surface area contributed by atoms with E-state index in [2.05, 4.69) is 0 Å². The molecule has 0 fully saturated rings. The molecule has 0 saturated heterocycles. The van der Waals surface area contributed by atoms with Gasteiger partial charge >= 0.3 is 19.8 Å². The van der Waals surface area contributed by atoms with Gasteiger partial charge in [0.1, 0.15) is 0 Å². The topological polar surface area (TPSA) is 17.1 Å². The van der Waals surface area contributed by atoms with Crippen LogP contribution in [0.5, 0.6) is 0 Å². The average molecular weight is 116 g/mol. The molecule has 0 heterocycles. The van der Waals surface area contributed by atoms with E-state index >= 15 is 0 Å². The third-order valence-electron chi connectivity index (χ3n) is 0. The second-order valence-corrected chi connectivity index (χ2v) is 0. The zero-order chi connectivity index (χ0) is 2.00. The van der Waals surface area contributed by atoms with E-state index in [1.807, 2.05) is 0 Å². The number of hydrogen-bond acceptors (Lipinski definition) is 1. The van der Waals surface area contributed by atoms with Crippen LogP contribution < -0.4 is 0 Å². The Morgan fingerprint density at radius 1 is 0.800 bits per heavy atom. The summed E-state index contributed by atoms with van der Waals surface area (Å²) in [5, 5.41) is 0. The molecule has 0 spiro atoms. The Bertz CT molecular complexity index is 6.85. The summed E-state index contributed by atoms with van der Waals surface area (Å²) in [5.41, 5.74) is 0. The molecule has 0 saturated carbocycles. The summed E-state index contributed by atoms with van der Waals surface area (Å²) in [6, 6.07) is 0. The van der Waals surface area contributed by atoms with E-state index in [0.717, 1.165) is 0 Å². The van der Waals surface area contributed by atoms with Gasteiger partial charge in [0.2, 0.25) is 0 Å². The molecule has 0 aromatic heterocycles. The fourth-order valence-electron chi connectivity index (χ4n) is 0. The van der Waals surface area contributed by atoms with Crippen molar-refractivity contribution in [3.63, 3.8) is 0 Å². The van der Waals surface area contributed by atoms with Crippen LogP contribution in [0.2, 0.25) is 0 Å². The molecule has 0 bridgehead atoms. The molecule has 0 aliphatic rings. The van der Waals surface area contributed by atoms with Crippen LogP contribution in [0.15, 0.2) is 0 Å². The van der Waals surface area contributed by atoms with Gasteiger partial charge in [0.15, 0.2) is 0 Å². The van der Waals surface area contributed by atoms with Gasteiger partial charge in [-0.25, -0.2) is 0 Å². The Labute approximate surface area is 42.8 Å². The van der Waals surface area contributed by atoms with Gasteiger partial charge in [-0.3, -0.25) is 0 Å². The van der Waals surface area contributed by atoms with Gasteiger partial charge in [-0.2, -0.15) is 0 Å². The molecule has 0 aliphatic carbocycles. The molecule has 0 rings (SSSR count). The summed E-state index contributed by atoms with van der Waals surface area (Å²) < 4.78 is 8.06. The van der Waals surface area contributed by atoms with Crippen molar-refractivity contribution in [1.29, 1.82) is 0 Å². The van der Waals surface area contributed by atoms with Gasteiger partial charge in [0, 0.05) is 0 Å². The average Bonchev–Trinajstić information content (AvgIpc) is 1.00. The predicted molar refractivity (Wildman–Crippen MR) is 19.9 cm³/mol. The van der Waals surface area contributed by atoms with Gasteiger partial charge in [-0.05, 0) is 0 Å². The summed E-state index contributed by atoms with van der Waals surface area (Å²) in [7, 11) is 0. The first kappa shape index (κ1) is 57.0. The van der Waals surface area contributed by atoms with Gasteiger partial charge in [0.25, 0.3) is 0 Å². The fraction of sp³-hybridized carbons (Fsp3) is 0. The Morgan fingerprint density at radius 3 is 0.800 bits per heavy atom. The monoisotopic (exact) mass is 116 g/mol. The molecular formula is C3H9MnO-3. The second-order valence-electron chi connectivity index (χ2n) is 0. The Morgan fingerprint density at radius 2 is 0.800 bits per heavy atom. The van der Waals surface area contributed by atoms with Crippen molar-refractivity contribution in [3.05, 3.63) is 22.3 Å². The van der Waals surface area contributed by atoms with E-state index in [1.165, 1.54) is 0 Å². The van der Waals surface area contributed by atoms with Crippen LogP contribution in [0, 0.1) is 22.3 Å². The molecule has 0 aromatic rings. The molecule has 5 heavy (non-hydrogen) atoms. The maximum absolute atomic E-state index is 8.06.